The molecule has 32 heavy (non-hydrogen) atoms. The number of aryl methyl sites for hydroxylation is 2. The molecule has 0 aliphatic rings. The summed E-state index contributed by atoms with van der Waals surface area (Å²) >= 11 is 0. The van der Waals surface area contributed by atoms with Gasteiger partial charge in [0.25, 0.3) is 17.0 Å². The van der Waals surface area contributed by atoms with Crippen molar-refractivity contribution in [2.45, 2.75) is 26.8 Å². The molecule has 164 valence electrons. The minimum Gasteiger partial charge on any atom is -0.327 e. The molecule has 4 aromatic heterocycles. The number of hydrogen-bond acceptors (Lipinski definition) is 4. The molecular formula is C24H25N5O3. The van der Waals surface area contributed by atoms with Crippen LogP contribution in [0.1, 0.15) is 40.1 Å². The Kier molecular flexibility index (Phi) is 5.30. The standard InChI is InChI=1S/C24H25N5O3/c1-14-8-11-25-22-20(14)21(24(32)28(5)18-7-6-10-26-23(18)31)16(3)29(22)15(2)17-9-12-27(4)19(30)13-17/h6-13,15H,1-5H3,(H,26,31). The Labute approximate surface area is 184 Å². The number of aromatic amines is 1. The van der Waals surface area contributed by atoms with Crippen molar-refractivity contribution in [3.8, 4) is 0 Å². The van der Waals surface area contributed by atoms with Crippen molar-refractivity contribution in [2.75, 3.05) is 11.9 Å². The van der Waals surface area contributed by atoms with Gasteiger partial charge in [0.1, 0.15) is 11.3 Å². The molecule has 1 amide bonds. The molecule has 0 spiro atoms. The van der Waals surface area contributed by atoms with E-state index in [2.05, 4.69) is 9.97 Å². The van der Waals surface area contributed by atoms with Crippen molar-refractivity contribution >= 4 is 22.6 Å². The first kappa shape index (κ1) is 21.3. The molecule has 8 nitrogen and oxygen atoms in total. The van der Waals surface area contributed by atoms with Crippen LogP contribution in [0.4, 0.5) is 5.69 Å². The lowest BCUT2D eigenvalue weighted by Crippen LogP contribution is -2.31. The number of carbonyl (C=O) groups excluding carboxylic acids is 1. The molecule has 0 bridgehead atoms. The van der Waals surface area contributed by atoms with E-state index in [4.69, 9.17) is 0 Å². The second-order valence-corrected chi connectivity index (χ2v) is 7.99. The zero-order valence-electron chi connectivity index (χ0n) is 18.7. The molecule has 8 heteroatoms. The number of anilines is 1. The lowest BCUT2D eigenvalue weighted by Gasteiger charge is -2.19. The zero-order valence-corrected chi connectivity index (χ0v) is 18.7. The fourth-order valence-electron chi connectivity index (χ4n) is 4.16. The molecule has 0 aromatic carbocycles. The van der Waals surface area contributed by atoms with Crippen LogP contribution in [0.2, 0.25) is 0 Å². The number of amides is 1. The van der Waals surface area contributed by atoms with Crippen LogP contribution in [0.3, 0.4) is 0 Å². The number of hydrogen-bond donors (Lipinski definition) is 1. The van der Waals surface area contributed by atoms with E-state index in [-0.39, 0.29) is 28.8 Å². The van der Waals surface area contributed by atoms with Crippen LogP contribution >= 0.6 is 0 Å². The van der Waals surface area contributed by atoms with E-state index in [1.165, 1.54) is 15.7 Å². The van der Waals surface area contributed by atoms with Crippen LogP contribution < -0.4 is 16.0 Å². The molecule has 0 radical (unpaired) electrons. The average Bonchev–Trinajstić information content (AvgIpc) is 3.07. The van der Waals surface area contributed by atoms with Gasteiger partial charge in [0.2, 0.25) is 0 Å². The minimum absolute atomic E-state index is 0.105. The van der Waals surface area contributed by atoms with Crippen molar-refractivity contribution in [3.63, 3.8) is 0 Å². The number of pyridine rings is 3. The molecule has 0 saturated carbocycles. The van der Waals surface area contributed by atoms with E-state index in [9.17, 15) is 14.4 Å². The summed E-state index contributed by atoms with van der Waals surface area (Å²) in [5.74, 6) is -0.296. The molecule has 4 heterocycles. The van der Waals surface area contributed by atoms with Crippen molar-refractivity contribution < 1.29 is 4.79 Å². The van der Waals surface area contributed by atoms with Crippen LogP contribution in [-0.2, 0) is 7.05 Å². The molecule has 0 aliphatic heterocycles. The molecule has 4 aromatic rings. The number of nitrogens with one attached hydrogen (secondary N) is 1. The first-order valence-electron chi connectivity index (χ1n) is 10.3. The molecule has 1 N–H and O–H groups in total. The molecule has 0 saturated heterocycles. The van der Waals surface area contributed by atoms with Crippen molar-refractivity contribution in [1.29, 1.82) is 0 Å². The van der Waals surface area contributed by atoms with E-state index in [0.717, 1.165) is 22.2 Å². The van der Waals surface area contributed by atoms with Crippen molar-refractivity contribution in [3.05, 3.63) is 92.0 Å². The summed E-state index contributed by atoms with van der Waals surface area (Å²) in [5.41, 5.74) is 3.43. The van der Waals surface area contributed by atoms with Gasteiger partial charge in [-0.2, -0.15) is 0 Å². The van der Waals surface area contributed by atoms with Gasteiger partial charge in [-0.25, -0.2) is 4.98 Å². The maximum absolute atomic E-state index is 13.6. The van der Waals surface area contributed by atoms with E-state index < -0.39 is 0 Å². The normalized spacial score (nSPS) is 12.2. The lowest BCUT2D eigenvalue weighted by atomic mass is 10.1. The Balaban J connectivity index is 1.93. The molecule has 4 rings (SSSR count). The summed E-state index contributed by atoms with van der Waals surface area (Å²) in [5, 5.41) is 0.741. The van der Waals surface area contributed by atoms with Gasteiger partial charge in [-0.15, -0.1) is 0 Å². The summed E-state index contributed by atoms with van der Waals surface area (Å²) in [6.45, 7) is 5.78. The highest BCUT2D eigenvalue weighted by Gasteiger charge is 2.28. The van der Waals surface area contributed by atoms with Crippen LogP contribution in [0.25, 0.3) is 11.0 Å². The van der Waals surface area contributed by atoms with Crippen molar-refractivity contribution in [1.82, 2.24) is 19.1 Å². The summed E-state index contributed by atoms with van der Waals surface area (Å²) in [7, 11) is 3.29. The van der Waals surface area contributed by atoms with Gasteiger partial charge in [0.15, 0.2) is 0 Å². The van der Waals surface area contributed by atoms with Gasteiger partial charge in [0.05, 0.1) is 11.6 Å². The van der Waals surface area contributed by atoms with Gasteiger partial charge in [0, 0.05) is 49.8 Å². The predicted molar refractivity (Wildman–Crippen MR) is 124 cm³/mol. The Hall–Kier alpha value is -3.94. The SMILES string of the molecule is Cc1ccnc2c1c(C(=O)N(C)c1ccc[nH]c1=O)c(C)n2C(C)c1ccn(C)c(=O)c1. The van der Waals surface area contributed by atoms with Gasteiger partial charge >= 0.3 is 0 Å². The zero-order chi connectivity index (χ0) is 23.2. The summed E-state index contributed by atoms with van der Waals surface area (Å²) in [6, 6.07) is 8.42. The van der Waals surface area contributed by atoms with Crippen LogP contribution in [-0.4, -0.2) is 32.1 Å². The Bertz CT molecular complexity index is 1460. The van der Waals surface area contributed by atoms with E-state index in [1.807, 2.05) is 37.5 Å². The average molecular weight is 431 g/mol. The molecular weight excluding hydrogens is 406 g/mol. The molecule has 1 atom stereocenters. The van der Waals surface area contributed by atoms with E-state index in [0.29, 0.717) is 11.2 Å². The van der Waals surface area contributed by atoms with Gasteiger partial charge < -0.3 is 19.0 Å². The molecule has 0 aliphatic carbocycles. The van der Waals surface area contributed by atoms with Crippen LogP contribution in [0, 0.1) is 13.8 Å². The topological polar surface area (TPSA) is 93.0 Å². The third-order valence-corrected chi connectivity index (χ3v) is 6.02. The van der Waals surface area contributed by atoms with Crippen molar-refractivity contribution in [2.24, 2.45) is 7.05 Å². The third kappa shape index (κ3) is 3.33. The number of aromatic nitrogens is 4. The monoisotopic (exact) mass is 431 g/mol. The predicted octanol–water partition coefficient (Wildman–Crippen LogP) is 2.93. The highest BCUT2D eigenvalue weighted by molar-refractivity contribution is 6.15. The highest BCUT2D eigenvalue weighted by Crippen LogP contribution is 2.33. The van der Waals surface area contributed by atoms with Gasteiger partial charge in [-0.1, -0.05) is 0 Å². The van der Waals surface area contributed by atoms with E-state index >= 15 is 0 Å². The number of H-pyrrole nitrogens is 1. The fraction of sp³-hybridized carbons (Fsp3) is 0.250. The van der Waals surface area contributed by atoms with E-state index in [1.54, 1.807) is 44.7 Å². The highest BCUT2D eigenvalue weighted by atomic mass is 16.2. The van der Waals surface area contributed by atoms with Crippen LogP contribution in [0.15, 0.2) is 58.5 Å². The smallest absolute Gasteiger partial charge is 0.271 e. The summed E-state index contributed by atoms with van der Waals surface area (Å²) in [4.78, 5) is 46.7. The maximum atomic E-state index is 13.6. The largest absolute Gasteiger partial charge is 0.327 e. The summed E-state index contributed by atoms with van der Waals surface area (Å²) in [6.07, 6.45) is 4.97. The van der Waals surface area contributed by atoms with Gasteiger partial charge in [-0.3, -0.25) is 14.4 Å². The quantitative estimate of drug-likeness (QED) is 0.538. The molecule has 0 fully saturated rings. The Morgan fingerprint density at radius 2 is 1.94 bits per heavy atom. The van der Waals surface area contributed by atoms with Gasteiger partial charge in [-0.05, 0) is 56.2 Å². The third-order valence-electron chi connectivity index (χ3n) is 6.02. The van der Waals surface area contributed by atoms with Crippen LogP contribution in [0.5, 0.6) is 0 Å². The second kappa shape index (κ2) is 7.96. The number of carbonyl (C=O) groups is 1. The molecule has 1 unspecified atom stereocenters. The summed E-state index contributed by atoms with van der Waals surface area (Å²) < 4.78 is 3.49. The maximum Gasteiger partial charge on any atom is 0.271 e. The number of nitrogens with zero attached hydrogens (tertiary/aromatic N) is 4. The first-order valence-corrected chi connectivity index (χ1v) is 10.3. The second-order valence-electron chi connectivity index (χ2n) is 7.99. The number of fused-ring (bicyclic) bond motifs is 1. The minimum atomic E-state index is -0.340. The number of rotatable bonds is 4. The first-order chi connectivity index (χ1) is 15.2. The fourth-order valence-corrected chi connectivity index (χ4v) is 4.16. The lowest BCUT2D eigenvalue weighted by molar-refractivity contribution is 0.0993. The Morgan fingerprint density at radius 3 is 2.62 bits per heavy atom. The Morgan fingerprint density at radius 1 is 1.19 bits per heavy atom.